The van der Waals surface area contributed by atoms with Crippen LogP contribution in [0.2, 0.25) is 0 Å². The highest BCUT2D eigenvalue weighted by atomic mass is 16.2. The molecule has 3 heterocycles. The van der Waals surface area contributed by atoms with Crippen LogP contribution < -0.4 is 5.32 Å². The van der Waals surface area contributed by atoms with E-state index in [-0.39, 0.29) is 12.1 Å². The minimum absolute atomic E-state index is 0.0134. The molecule has 0 saturated carbocycles. The van der Waals surface area contributed by atoms with E-state index >= 15 is 0 Å². The van der Waals surface area contributed by atoms with Crippen molar-refractivity contribution < 1.29 is 4.79 Å². The Labute approximate surface area is 151 Å². The number of aromatic nitrogens is 1. The van der Waals surface area contributed by atoms with Crippen LogP contribution in [0, 0.1) is 11.8 Å². The lowest BCUT2D eigenvalue weighted by Gasteiger charge is -2.38. The van der Waals surface area contributed by atoms with Gasteiger partial charge in [0, 0.05) is 32.0 Å². The molecule has 138 valence electrons. The normalized spacial score (nSPS) is 24.1. The molecule has 5 nitrogen and oxygen atoms in total. The summed E-state index contributed by atoms with van der Waals surface area (Å²) in [4.78, 5) is 21.3. The van der Waals surface area contributed by atoms with Crippen LogP contribution in [0.1, 0.15) is 51.1 Å². The average molecular weight is 345 g/mol. The number of hydrogen-bond donors (Lipinski definition) is 1. The summed E-state index contributed by atoms with van der Waals surface area (Å²) in [6, 6.07) is 4.00. The Morgan fingerprint density at radius 1 is 1.24 bits per heavy atom. The minimum Gasteiger partial charge on any atom is -0.331 e. The molecule has 0 aromatic carbocycles. The monoisotopic (exact) mass is 344 g/mol. The van der Waals surface area contributed by atoms with Crippen molar-refractivity contribution in [3.05, 3.63) is 30.1 Å². The van der Waals surface area contributed by atoms with Gasteiger partial charge in [0.25, 0.3) is 0 Å². The molecule has 1 aromatic heterocycles. The Morgan fingerprint density at radius 3 is 2.68 bits per heavy atom. The maximum Gasteiger partial charge on any atom is 0.317 e. The predicted octanol–water partition coefficient (Wildman–Crippen LogP) is 3.30. The van der Waals surface area contributed by atoms with E-state index in [4.69, 9.17) is 0 Å². The highest BCUT2D eigenvalue weighted by molar-refractivity contribution is 5.74. The third-order valence-electron chi connectivity index (χ3n) is 5.74. The van der Waals surface area contributed by atoms with Crippen molar-refractivity contribution in [1.82, 2.24) is 20.1 Å². The summed E-state index contributed by atoms with van der Waals surface area (Å²) in [5.74, 6) is 1.49. The number of amides is 2. The van der Waals surface area contributed by atoms with Gasteiger partial charge in [-0.3, -0.25) is 4.98 Å². The third-order valence-corrected chi connectivity index (χ3v) is 5.74. The van der Waals surface area contributed by atoms with Gasteiger partial charge in [0.05, 0.1) is 6.04 Å². The van der Waals surface area contributed by atoms with E-state index in [9.17, 15) is 4.79 Å². The van der Waals surface area contributed by atoms with Gasteiger partial charge in [0.2, 0.25) is 0 Å². The lowest BCUT2D eigenvalue weighted by Crippen LogP contribution is -2.48. The molecule has 3 rings (SSSR count). The molecular weight excluding hydrogens is 312 g/mol. The number of carbonyl (C=O) groups is 1. The van der Waals surface area contributed by atoms with Gasteiger partial charge < -0.3 is 15.1 Å². The van der Waals surface area contributed by atoms with Crippen LogP contribution in [0.25, 0.3) is 0 Å². The lowest BCUT2D eigenvalue weighted by atomic mass is 9.94. The highest BCUT2D eigenvalue weighted by Gasteiger charge is 2.27. The van der Waals surface area contributed by atoms with Gasteiger partial charge >= 0.3 is 6.03 Å². The Hall–Kier alpha value is -1.62. The Bertz CT molecular complexity index is 542. The number of likely N-dealkylation sites (tertiary alicyclic amines) is 2. The van der Waals surface area contributed by atoms with Crippen LogP contribution in [0.3, 0.4) is 0 Å². The van der Waals surface area contributed by atoms with Gasteiger partial charge in [-0.15, -0.1) is 0 Å². The Balaban J connectivity index is 1.48. The number of piperidine rings is 2. The molecule has 2 aliphatic heterocycles. The van der Waals surface area contributed by atoms with Crippen LogP contribution in [-0.4, -0.2) is 53.5 Å². The summed E-state index contributed by atoms with van der Waals surface area (Å²) in [5.41, 5.74) is 1.10. The number of nitrogens with one attached hydrogen (secondary N) is 1. The fourth-order valence-electron chi connectivity index (χ4n) is 4.02. The fourth-order valence-corrected chi connectivity index (χ4v) is 4.02. The van der Waals surface area contributed by atoms with E-state index < -0.39 is 0 Å². The van der Waals surface area contributed by atoms with Crippen LogP contribution in [0.5, 0.6) is 0 Å². The molecule has 2 amide bonds. The average Bonchev–Trinajstić information content (AvgIpc) is 2.64. The lowest BCUT2D eigenvalue weighted by molar-refractivity contribution is 0.119. The molecule has 2 atom stereocenters. The molecule has 0 aliphatic carbocycles. The highest BCUT2D eigenvalue weighted by Crippen LogP contribution is 2.22. The third kappa shape index (κ3) is 5.18. The maximum absolute atomic E-state index is 12.6. The van der Waals surface area contributed by atoms with Gasteiger partial charge in [-0.1, -0.05) is 6.92 Å². The van der Waals surface area contributed by atoms with Crippen molar-refractivity contribution in [2.24, 2.45) is 11.8 Å². The van der Waals surface area contributed by atoms with E-state index in [0.29, 0.717) is 5.92 Å². The molecule has 0 radical (unpaired) electrons. The number of hydrogen-bond acceptors (Lipinski definition) is 3. The Kier molecular flexibility index (Phi) is 6.29. The van der Waals surface area contributed by atoms with Gasteiger partial charge in [0.1, 0.15) is 0 Å². The van der Waals surface area contributed by atoms with Gasteiger partial charge in [-0.2, -0.15) is 0 Å². The number of rotatable bonds is 4. The predicted molar refractivity (Wildman–Crippen MR) is 100 cm³/mol. The molecular formula is C20H32N4O. The Morgan fingerprint density at radius 2 is 1.96 bits per heavy atom. The number of urea groups is 1. The molecule has 2 fully saturated rings. The second-order valence-corrected chi connectivity index (χ2v) is 7.89. The molecule has 25 heavy (non-hydrogen) atoms. The van der Waals surface area contributed by atoms with Crippen molar-refractivity contribution in [2.45, 2.75) is 45.6 Å². The smallest absolute Gasteiger partial charge is 0.317 e. The first-order chi connectivity index (χ1) is 12.1. The largest absolute Gasteiger partial charge is 0.331 e. The van der Waals surface area contributed by atoms with E-state index in [1.54, 1.807) is 12.4 Å². The SMILES string of the molecule is CC1CCN(C[C@H]2CCCN(C(=O)N[C@@H](C)c3ccncc3)C2)CC1. The van der Waals surface area contributed by atoms with Crippen molar-refractivity contribution >= 4 is 6.03 Å². The van der Waals surface area contributed by atoms with Gasteiger partial charge in [-0.05, 0) is 75.2 Å². The van der Waals surface area contributed by atoms with E-state index in [2.05, 4.69) is 22.1 Å². The molecule has 2 saturated heterocycles. The number of carbonyl (C=O) groups excluding carboxylic acids is 1. The summed E-state index contributed by atoms with van der Waals surface area (Å²) in [6.07, 6.45) is 8.55. The van der Waals surface area contributed by atoms with E-state index in [1.165, 1.54) is 32.4 Å². The zero-order valence-corrected chi connectivity index (χ0v) is 15.7. The molecule has 2 aliphatic rings. The van der Waals surface area contributed by atoms with Gasteiger partial charge in [-0.25, -0.2) is 4.79 Å². The summed E-state index contributed by atoms with van der Waals surface area (Å²) in [5, 5.41) is 3.14. The molecule has 0 bridgehead atoms. The quantitative estimate of drug-likeness (QED) is 0.912. The summed E-state index contributed by atoms with van der Waals surface area (Å²) in [7, 11) is 0. The first kappa shape index (κ1) is 18.2. The maximum atomic E-state index is 12.6. The summed E-state index contributed by atoms with van der Waals surface area (Å²) >= 11 is 0. The first-order valence-electron chi connectivity index (χ1n) is 9.79. The molecule has 1 N–H and O–H groups in total. The van der Waals surface area contributed by atoms with Crippen molar-refractivity contribution in [1.29, 1.82) is 0 Å². The van der Waals surface area contributed by atoms with Crippen molar-refractivity contribution in [3.63, 3.8) is 0 Å². The van der Waals surface area contributed by atoms with Crippen molar-refractivity contribution in [2.75, 3.05) is 32.7 Å². The van der Waals surface area contributed by atoms with Gasteiger partial charge in [0.15, 0.2) is 0 Å². The van der Waals surface area contributed by atoms with E-state index in [0.717, 1.165) is 37.5 Å². The van der Waals surface area contributed by atoms with E-state index in [1.807, 2.05) is 24.0 Å². The van der Waals surface area contributed by atoms with Crippen LogP contribution in [0.15, 0.2) is 24.5 Å². The zero-order valence-electron chi connectivity index (χ0n) is 15.7. The first-order valence-corrected chi connectivity index (χ1v) is 9.79. The number of pyridine rings is 1. The summed E-state index contributed by atoms with van der Waals surface area (Å²) in [6.45, 7) is 9.75. The summed E-state index contributed by atoms with van der Waals surface area (Å²) < 4.78 is 0. The van der Waals surface area contributed by atoms with Crippen LogP contribution >= 0.6 is 0 Å². The zero-order chi connectivity index (χ0) is 17.6. The standard InChI is InChI=1S/C20H32N4O/c1-16-7-12-23(13-8-16)14-18-4-3-11-24(15-18)20(25)22-17(2)19-5-9-21-10-6-19/h5-6,9-10,16-18H,3-4,7-8,11-15H2,1-2H3,(H,22,25)/t17-,18+/m0/s1. The minimum atomic E-state index is 0.0134. The molecule has 1 aromatic rings. The van der Waals surface area contributed by atoms with Crippen LogP contribution in [-0.2, 0) is 0 Å². The molecule has 0 unspecified atom stereocenters. The second kappa shape index (κ2) is 8.65. The fraction of sp³-hybridized carbons (Fsp3) is 0.700. The topological polar surface area (TPSA) is 48.5 Å². The molecule has 5 heteroatoms. The second-order valence-electron chi connectivity index (χ2n) is 7.89. The van der Waals surface area contributed by atoms with Crippen LogP contribution in [0.4, 0.5) is 4.79 Å². The van der Waals surface area contributed by atoms with Crippen molar-refractivity contribution in [3.8, 4) is 0 Å². The molecule has 0 spiro atoms. The number of nitrogens with zero attached hydrogens (tertiary/aromatic N) is 3.